The number of methoxy groups -OCH3 is 2. The summed E-state index contributed by atoms with van der Waals surface area (Å²) in [6.07, 6.45) is 0. The number of ether oxygens (including phenoxy) is 3. The number of sulfonamides is 1. The molecular formula is C34H35N3O7S. The Morgan fingerprint density at radius 1 is 0.822 bits per heavy atom. The third kappa shape index (κ3) is 7.34. The van der Waals surface area contributed by atoms with Gasteiger partial charge in [0.2, 0.25) is 15.9 Å². The molecule has 1 fully saturated rings. The summed E-state index contributed by atoms with van der Waals surface area (Å²) in [5.41, 5.74) is 2.13. The maximum atomic E-state index is 14.3. The van der Waals surface area contributed by atoms with Crippen molar-refractivity contribution < 1.29 is 32.2 Å². The molecule has 4 aromatic rings. The molecule has 1 aliphatic rings. The molecule has 10 nitrogen and oxygen atoms in total. The number of benzene rings is 4. The lowest BCUT2D eigenvalue weighted by atomic mass is 10.0. The summed E-state index contributed by atoms with van der Waals surface area (Å²) >= 11 is 0. The molecule has 45 heavy (non-hydrogen) atoms. The van der Waals surface area contributed by atoms with Crippen molar-refractivity contribution in [1.29, 1.82) is 0 Å². The van der Waals surface area contributed by atoms with Gasteiger partial charge in [-0.15, -0.1) is 0 Å². The first-order chi connectivity index (χ1) is 21.8. The fourth-order valence-electron chi connectivity index (χ4n) is 5.05. The molecule has 0 radical (unpaired) electrons. The van der Waals surface area contributed by atoms with E-state index in [2.05, 4.69) is 5.32 Å². The van der Waals surface area contributed by atoms with Gasteiger partial charge in [-0.2, -0.15) is 4.31 Å². The Bertz CT molecular complexity index is 1690. The van der Waals surface area contributed by atoms with Crippen molar-refractivity contribution in [3.05, 3.63) is 120 Å². The van der Waals surface area contributed by atoms with Crippen molar-refractivity contribution >= 4 is 27.5 Å². The van der Waals surface area contributed by atoms with Crippen LogP contribution in [0.4, 0.5) is 5.69 Å². The number of nitrogens with one attached hydrogen (secondary N) is 1. The number of amides is 2. The van der Waals surface area contributed by atoms with Crippen molar-refractivity contribution in [2.75, 3.05) is 45.4 Å². The molecule has 1 N–H and O–H groups in total. The van der Waals surface area contributed by atoms with Crippen LogP contribution >= 0.6 is 0 Å². The molecule has 1 aliphatic heterocycles. The van der Waals surface area contributed by atoms with Crippen LogP contribution in [0.1, 0.15) is 27.5 Å². The van der Waals surface area contributed by atoms with Gasteiger partial charge in [0.05, 0.1) is 32.3 Å². The van der Waals surface area contributed by atoms with Crippen LogP contribution in [0.15, 0.2) is 108 Å². The van der Waals surface area contributed by atoms with E-state index in [1.54, 1.807) is 62.8 Å². The van der Waals surface area contributed by atoms with Gasteiger partial charge in [0.15, 0.2) is 0 Å². The van der Waals surface area contributed by atoms with Crippen LogP contribution in [0.25, 0.3) is 0 Å². The second kappa shape index (κ2) is 14.4. The molecule has 0 spiro atoms. The summed E-state index contributed by atoms with van der Waals surface area (Å²) in [6, 6.07) is 27.9. The average Bonchev–Trinajstić information content (AvgIpc) is 3.10. The van der Waals surface area contributed by atoms with E-state index >= 15 is 0 Å². The number of carbonyl (C=O) groups is 2. The third-order valence-electron chi connectivity index (χ3n) is 7.53. The second-order valence-corrected chi connectivity index (χ2v) is 12.2. The molecular weight excluding hydrogens is 594 g/mol. The van der Waals surface area contributed by atoms with E-state index in [9.17, 15) is 18.0 Å². The Balaban J connectivity index is 1.50. The number of anilines is 1. The summed E-state index contributed by atoms with van der Waals surface area (Å²) in [7, 11) is -0.612. The molecule has 1 atom stereocenters. The highest BCUT2D eigenvalue weighted by atomic mass is 32.2. The Hall–Kier alpha value is -4.71. The minimum atomic E-state index is -3.75. The predicted molar refractivity (Wildman–Crippen MR) is 170 cm³/mol. The number of para-hydroxylation sites is 1. The highest BCUT2D eigenvalue weighted by Crippen LogP contribution is 2.31. The smallest absolute Gasteiger partial charge is 0.259 e. The third-order valence-corrected chi connectivity index (χ3v) is 9.44. The molecule has 0 aliphatic carbocycles. The van der Waals surface area contributed by atoms with Gasteiger partial charge < -0.3 is 19.5 Å². The van der Waals surface area contributed by atoms with E-state index in [1.807, 2.05) is 30.3 Å². The lowest BCUT2D eigenvalue weighted by Gasteiger charge is -2.32. The highest BCUT2D eigenvalue weighted by molar-refractivity contribution is 7.89. The van der Waals surface area contributed by atoms with E-state index in [0.717, 1.165) is 5.56 Å². The van der Waals surface area contributed by atoms with Gasteiger partial charge >= 0.3 is 0 Å². The van der Waals surface area contributed by atoms with Gasteiger partial charge in [0.1, 0.15) is 17.5 Å². The maximum absolute atomic E-state index is 14.3. The SMILES string of the molecule is COc1ccc(CNC(=O)C(c2ccc(OC)cc2)N(C(=O)c2ccc(S(=O)(=O)N3CCOCC3)cc2)c2ccccc2)cc1. The van der Waals surface area contributed by atoms with Crippen LogP contribution in [-0.2, 0) is 26.1 Å². The predicted octanol–water partition coefficient (Wildman–Crippen LogP) is 4.43. The molecule has 11 heteroatoms. The van der Waals surface area contributed by atoms with Crippen LogP contribution < -0.4 is 19.7 Å². The number of hydrogen-bond acceptors (Lipinski definition) is 7. The van der Waals surface area contributed by atoms with Crippen LogP contribution in [0.5, 0.6) is 11.5 Å². The zero-order chi connectivity index (χ0) is 31.8. The fraction of sp³-hybridized carbons (Fsp3) is 0.235. The molecule has 0 bridgehead atoms. The van der Waals surface area contributed by atoms with Gasteiger partial charge in [0.25, 0.3) is 5.91 Å². The topological polar surface area (TPSA) is 114 Å². The van der Waals surface area contributed by atoms with Crippen molar-refractivity contribution in [2.45, 2.75) is 17.5 Å². The van der Waals surface area contributed by atoms with Crippen LogP contribution in [-0.4, -0.2) is 65.1 Å². The summed E-state index contributed by atoms with van der Waals surface area (Å²) < 4.78 is 43.6. The summed E-state index contributed by atoms with van der Waals surface area (Å²) in [4.78, 5) is 29.9. The summed E-state index contributed by atoms with van der Waals surface area (Å²) in [5, 5.41) is 2.99. The monoisotopic (exact) mass is 629 g/mol. The molecule has 1 heterocycles. The molecule has 1 saturated heterocycles. The number of rotatable bonds is 11. The Labute approximate surface area is 263 Å². The Morgan fingerprint density at radius 3 is 1.98 bits per heavy atom. The van der Waals surface area contributed by atoms with E-state index in [-0.39, 0.29) is 30.1 Å². The first-order valence-electron chi connectivity index (χ1n) is 14.4. The second-order valence-electron chi connectivity index (χ2n) is 10.3. The van der Waals surface area contributed by atoms with Crippen molar-refractivity contribution in [2.24, 2.45) is 0 Å². The standard InChI is InChI=1S/C34H35N3O7S/c1-42-29-14-8-25(9-15-29)24-35-33(38)32(26-10-16-30(43-2)17-11-26)37(28-6-4-3-5-7-28)34(39)27-12-18-31(19-13-27)45(40,41)36-20-22-44-23-21-36/h3-19,32H,20-24H2,1-2H3,(H,35,38). The molecule has 5 rings (SSSR count). The normalized spacial score (nSPS) is 14.3. The van der Waals surface area contributed by atoms with Gasteiger partial charge in [-0.25, -0.2) is 8.42 Å². The minimum absolute atomic E-state index is 0.0798. The Kier molecular flexibility index (Phi) is 10.1. The van der Waals surface area contributed by atoms with Crippen molar-refractivity contribution in [1.82, 2.24) is 9.62 Å². The quantitative estimate of drug-likeness (QED) is 0.261. The lowest BCUT2D eigenvalue weighted by Crippen LogP contribution is -2.44. The Morgan fingerprint density at radius 2 is 1.40 bits per heavy atom. The maximum Gasteiger partial charge on any atom is 0.259 e. The number of nitrogens with zero attached hydrogens (tertiary/aromatic N) is 2. The van der Waals surface area contributed by atoms with Crippen LogP contribution in [0, 0.1) is 0 Å². The number of hydrogen-bond donors (Lipinski definition) is 1. The van der Waals surface area contributed by atoms with E-state index in [0.29, 0.717) is 36.0 Å². The molecule has 0 saturated carbocycles. The van der Waals surface area contributed by atoms with Gasteiger partial charge in [-0.1, -0.05) is 42.5 Å². The lowest BCUT2D eigenvalue weighted by molar-refractivity contribution is -0.122. The zero-order valence-electron chi connectivity index (χ0n) is 25.1. The number of carbonyl (C=O) groups excluding carboxylic acids is 2. The molecule has 2 amide bonds. The van der Waals surface area contributed by atoms with Gasteiger partial charge in [-0.05, 0) is 71.8 Å². The molecule has 1 unspecified atom stereocenters. The van der Waals surface area contributed by atoms with E-state index < -0.39 is 27.9 Å². The van der Waals surface area contributed by atoms with Crippen LogP contribution in [0.2, 0.25) is 0 Å². The van der Waals surface area contributed by atoms with Crippen molar-refractivity contribution in [3.63, 3.8) is 0 Å². The number of morpholine rings is 1. The minimum Gasteiger partial charge on any atom is -0.497 e. The van der Waals surface area contributed by atoms with E-state index in [4.69, 9.17) is 14.2 Å². The summed E-state index contributed by atoms with van der Waals surface area (Å²) in [5.74, 6) is 0.424. The largest absolute Gasteiger partial charge is 0.497 e. The highest BCUT2D eigenvalue weighted by Gasteiger charge is 2.34. The first kappa shape index (κ1) is 31.7. The van der Waals surface area contributed by atoms with Gasteiger partial charge in [0, 0.05) is 30.9 Å². The average molecular weight is 630 g/mol. The molecule has 0 aromatic heterocycles. The molecule has 4 aromatic carbocycles. The van der Waals surface area contributed by atoms with Gasteiger partial charge in [-0.3, -0.25) is 14.5 Å². The fourth-order valence-corrected chi connectivity index (χ4v) is 6.46. The van der Waals surface area contributed by atoms with Crippen LogP contribution in [0.3, 0.4) is 0 Å². The summed E-state index contributed by atoms with van der Waals surface area (Å²) in [6.45, 7) is 1.41. The van der Waals surface area contributed by atoms with Crippen molar-refractivity contribution in [3.8, 4) is 11.5 Å². The molecule has 234 valence electrons. The van der Waals surface area contributed by atoms with E-state index in [1.165, 1.54) is 33.5 Å². The first-order valence-corrected chi connectivity index (χ1v) is 15.9. The zero-order valence-corrected chi connectivity index (χ0v) is 25.9.